The van der Waals surface area contributed by atoms with Crippen molar-refractivity contribution in [3.05, 3.63) is 29.8 Å². The average molecular weight is 1170 g/mol. The first-order valence-electron chi connectivity index (χ1n) is 26.0. The van der Waals surface area contributed by atoms with Gasteiger partial charge in [-0.05, 0) is 24.6 Å². The van der Waals surface area contributed by atoms with Gasteiger partial charge in [-0.2, -0.15) is 0 Å². The summed E-state index contributed by atoms with van der Waals surface area (Å²) in [6, 6.07) is -0.268. The molecule has 446 valence electrons. The maximum Gasteiger partial charge on any atom is 1.00 e. The van der Waals surface area contributed by atoms with Gasteiger partial charge in [-0.3, -0.25) is 23.4 Å². The standard InChI is InChI=1S/C48H78N4O25S.Na/c1-5-6-7-8-9-10-11-12-13-17-67-27-16-14-15-26(18-27)44(64)52-33-37(60)36(59)28(19-53)70-46(33)73-41-29(20-54)71-47(34(39(41)62)50-24(3)57)74-42-30(21-55)72-48(35(40(42)63)51-25(4)58)75-43-31(22-68-78-77-76-66)69-45(65)32(38(43)61)49-23(2)56;/h14-16,18,28-43,45-48,53-55,59-63,65-66H,5-13,17,19-22H2,1-4H3,(H,49,56)(H,50,57)(H,51,58)(H,52,64);/q;+1/t28?,29-,30?,31-,32?,33-,34?,35-,36+,37+,38?,39?,40+,41+,42?,43+,45?,46?,47?,48-;/m0./s1. The topological polar surface area (TPSA) is 420 Å². The first-order chi connectivity index (χ1) is 37.4. The molecule has 0 saturated carbocycles. The summed E-state index contributed by atoms with van der Waals surface area (Å²) in [6.07, 6.45) is -17.9. The molecule has 0 radical (unpaired) electrons. The van der Waals surface area contributed by atoms with Crippen LogP contribution in [0.25, 0.3) is 0 Å². The van der Waals surface area contributed by atoms with Crippen LogP contribution in [-0.2, 0) is 61.1 Å². The van der Waals surface area contributed by atoms with Crippen LogP contribution in [0, 0.1) is 0 Å². The van der Waals surface area contributed by atoms with E-state index >= 15 is 0 Å². The van der Waals surface area contributed by atoms with Crippen LogP contribution in [0.4, 0.5) is 0 Å². The molecule has 20 atom stereocenters. The van der Waals surface area contributed by atoms with Gasteiger partial charge < -0.3 is 105 Å². The Morgan fingerprint density at radius 1 is 0.570 bits per heavy atom. The van der Waals surface area contributed by atoms with Crippen LogP contribution in [0.1, 0.15) is 95.8 Å². The van der Waals surface area contributed by atoms with Gasteiger partial charge >= 0.3 is 29.6 Å². The fourth-order valence-corrected chi connectivity index (χ4v) is 9.87. The predicted molar refractivity (Wildman–Crippen MR) is 264 cm³/mol. The van der Waals surface area contributed by atoms with Gasteiger partial charge in [-0.1, -0.05) is 69.4 Å². The number of ether oxygens (including phenoxy) is 8. The van der Waals surface area contributed by atoms with Crippen LogP contribution < -0.4 is 55.6 Å². The van der Waals surface area contributed by atoms with Gasteiger partial charge in [-0.15, -0.1) is 4.33 Å². The zero-order valence-corrected chi connectivity index (χ0v) is 47.6. The molecule has 4 fully saturated rings. The van der Waals surface area contributed by atoms with Crippen LogP contribution in [0.15, 0.2) is 24.3 Å². The Labute approximate surface area is 483 Å². The Kier molecular flexibility index (Phi) is 30.5. The summed E-state index contributed by atoms with van der Waals surface area (Å²) in [5.74, 6) is -2.62. The number of carbonyl (C=O) groups is 4. The Morgan fingerprint density at radius 2 is 1.03 bits per heavy atom. The number of aliphatic hydroxyl groups excluding tert-OH is 9. The maximum absolute atomic E-state index is 13.8. The van der Waals surface area contributed by atoms with E-state index in [4.69, 9.17) is 47.3 Å². The van der Waals surface area contributed by atoms with Crippen molar-refractivity contribution in [2.75, 3.05) is 33.0 Å². The van der Waals surface area contributed by atoms with Gasteiger partial charge in [0.2, 0.25) is 17.7 Å². The largest absolute Gasteiger partial charge is 1.00 e. The van der Waals surface area contributed by atoms with E-state index in [1.54, 1.807) is 12.1 Å². The molecule has 0 spiro atoms. The van der Waals surface area contributed by atoms with Crippen molar-refractivity contribution in [1.82, 2.24) is 21.3 Å². The van der Waals surface area contributed by atoms with Crippen LogP contribution in [0.3, 0.4) is 0 Å². The average Bonchev–Trinajstić information content (AvgIpc) is 3.42. The summed E-state index contributed by atoms with van der Waals surface area (Å²) in [6.45, 7) is 2.47. The fraction of sp³-hybridized carbons (Fsp3) is 0.792. The molecule has 1 aromatic rings. The van der Waals surface area contributed by atoms with Crippen molar-refractivity contribution in [2.45, 2.75) is 208 Å². The third-order valence-electron chi connectivity index (χ3n) is 13.5. The third kappa shape index (κ3) is 19.8. The molecule has 0 bridgehead atoms. The van der Waals surface area contributed by atoms with E-state index in [0.717, 1.165) is 46.5 Å². The normalized spacial score (nSPS) is 34.7. The SMILES string of the molecule is CCCCCCCCCCCOc1cccc(C(=O)N[C@@H]2C(O[C@H]3C(O)C(NC(C)=O)C(OC4C(CO)O[C@@H](O[C@H]5C(O)C(NC(C)=O)C(O)O[C@H]5COSOOO)[C@@H](NC(C)=O)[C@H]4O)O[C@H]3CO)OC(CO)[C@@H](O)[C@@H]2O)c1.[Na+]. The molecule has 5 rings (SSSR count). The van der Waals surface area contributed by atoms with Crippen LogP contribution in [0.2, 0.25) is 0 Å². The number of carbonyl (C=O) groups excluding carboxylic acids is 4. The van der Waals surface area contributed by atoms with Gasteiger partial charge in [0.05, 0.1) is 33.0 Å². The Bertz CT molecular complexity index is 2000. The molecule has 4 heterocycles. The molecule has 14 N–H and O–H groups in total. The monoisotopic (exact) mass is 1170 g/mol. The second kappa shape index (κ2) is 34.9. The number of aliphatic hydroxyl groups is 9. The summed E-state index contributed by atoms with van der Waals surface area (Å²) >= 11 is 0.109. The summed E-state index contributed by atoms with van der Waals surface area (Å²) in [5.41, 5.74) is 0.0868. The van der Waals surface area contributed by atoms with Crippen molar-refractivity contribution in [1.29, 1.82) is 0 Å². The maximum atomic E-state index is 13.8. The van der Waals surface area contributed by atoms with E-state index < -0.39 is 173 Å². The Morgan fingerprint density at radius 3 is 1.52 bits per heavy atom. The molecule has 1 aromatic carbocycles. The molecule has 0 aliphatic carbocycles. The van der Waals surface area contributed by atoms with Crippen molar-refractivity contribution < 1.29 is 151 Å². The second-order valence-corrected chi connectivity index (χ2v) is 19.9. The predicted octanol–water partition coefficient (Wildman–Crippen LogP) is -5.96. The molecule has 4 amide bonds. The van der Waals surface area contributed by atoms with Crippen molar-refractivity contribution in [3.8, 4) is 5.75 Å². The number of hydrogen-bond acceptors (Lipinski definition) is 26. The molecule has 4 aliphatic rings. The van der Waals surface area contributed by atoms with Gasteiger partial charge in [0.15, 0.2) is 37.5 Å². The molecular weight excluding hydrogens is 1090 g/mol. The first-order valence-corrected chi connectivity index (χ1v) is 26.6. The zero-order chi connectivity index (χ0) is 57.1. The van der Waals surface area contributed by atoms with E-state index in [1.165, 1.54) is 44.2 Å². The number of unbranched alkanes of at least 4 members (excludes halogenated alkanes) is 8. The molecular formula is C48H78N4NaO25S+. The third-order valence-corrected chi connectivity index (χ3v) is 13.9. The molecule has 10 unspecified atom stereocenters. The number of benzene rings is 1. The quantitative estimate of drug-likeness (QED) is 0.0112. The van der Waals surface area contributed by atoms with Crippen molar-refractivity contribution in [3.63, 3.8) is 0 Å². The number of nitrogens with one attached hydrogen (secondary N) is 4. The van der Waals surface area contributed by atoms with E-state index in [9.17, 15) is 65.1 Å². The molecule has 79 heavy (non-hydrogen) atoms. The van der Waals surface area contributed by atoms with Gasteiger partial charge in [0.25, 0.3) is 5.91 Å². The Balaban J connectivity index is 0.0000134. The number of hydrogen-bond donors (Lipinski definition) is 14. The molecule has 31 heteroatoms. The minimum atomic E-state index is -1.96. The number of amides is 4. The molecule has 0 aromatic heterocycles. The molecule has 4 saturated heterocycles. The van der Waals surface area contributed by atoms with Crippen LogP contribution >= 0.6 is 12.3 Å². The molecule has 4 aliphatic heterocycles. The second-order valence-electron chi connectivity index (χ2n) is 19.4. The smallest absolute Gasteiger partial charge is 0.494 e. The summed E-state index contributed by atoms with van der Waals surface area (Å²) in [5, 5.41) is 122. The van der Waals surface area contributed by atoms with Crippen molar-refractivity contribution in [2.24, 2.45) is 0 Å². The molecule has 29 nitrogen and oxygen atoms in total. The number of rotatable bonds is 30. The summed E-state index contributed by atoms with van der Waals surface area (Å²) in [7, 11) is 0. The summed E-state index contributed by atoms with van der Waals surface area (Å²) < 4.78 is 57.2. The van der Waals surface area contributed by atoms with E-state index in [-0.39, 0.29) is 47.4 Å². The van der Waals surface area contributed by atoms with Crippen LogP contribution in [-0.4, -0.2) is 230 Å². The zero-order valence-electron chi connectivity index (χ0n) is 44.8. The minimum absolute atomic E-state index is 0. The van der Waals surface area contributed by atoms with Gasteiger partial charge in [0, 0.05) is 26.3 Å². The van der Waals surface area contributed by atoms with E-state index in [0.29, 0.717) is 12.4 Å². The van der Waals surface area contributed by atoms with Gasteiger partial charge in [0.1, 0.15) is 103 Å². The summed E-state index contributed by atoms with van der Waals surface area (Å²) in [4.78, 5) is 51.2. The van der Waals surface area contributed by atoms with E-state index in [2.05, 4.69) is 37.6 Å². The first kappa shape index (κ1) is 68.9. The Hall–Kier alpha value is -2.55. The van der Waals surface area contributed by atoms with Gasteiger partial charge in [-0.25, -0.2) is 5.26 Å². The fourth-order valence-electron chi connectivity index (χ4n) is 9.61. The van der Waals surface area contributed by atoms with E-state index in [1.807, 2.05) is 0 Å². The van der Waals surface area contributed by atoms with Crippen LogP contribution in [0.5, 0.6) is 5.75 Å². The minimum Gasteiger partial charge on any atom is -0.494 e. The van der Waals surface area contributed by atoms with Crippen molar-refractivity contribution >= 4 is 36.0 Å².